The molecular weight excluding hydrogens is 303 g/mol. The molecule has 0 radical (unpaired) electrons. The van der Waals surface area contributed by atoms with Crippen molar-refractivity contribution in [2.75, 3.05) is 19.1 Å². The number of halogens is 3. The van der Waals surface area contributed by atoms with Crippen molar-refractivity contribution < 1.29 is 21.6 Å². The molecule has 1 N–H and O–H groups in total. The second-order valence-corrected chi connectivity index (χ2v) is 7.42. The van der Waals surface area contributed by atoms with Crippen LogP contribution >= 0.6 is 0 Å². The zero-order valence-electron chi connectivity index (χ0n) is 12.1. The quantitative estimate of drug-likeness (QED) is 0.839. The summed E-state index contributed by atoms with van der Waals surface area (Å²) in [4.78, 5) is 0. The van der Waals surface area contributed by atoms with E-state index in [-0.39, 0.29) is 11.8 Å². The van der Waals surface area contributed by atoms with Gasteiger partial charge in [0.25, 0.3) is 0 Å². The molecule has 1 aromatic carbocycles. The van der Waals surface area contributed by atoms with Crippen LogP contribution in [-0.4, -0.2) is 33.5 Å². The van der Waals surface area contributed by atoms with Crippen LogP contribution in [-0.2, 0) is 22.4 Å². The third-order valence-corrected chi connectivity index (χ3v) is 4.24. The van der Waals surface area contributed by atoms with Crippen LogP contribution in [0.3, 0.4) is 0 Å². The summed E-state index contributed by atoms with van der Waals surface area (Å²) < 4.78 is 60.1. The van der Waals surface area contributed by atoms with Crippen molar-refractivity contribution in [2.45, 2.75) is 31.5 Å². The summed E-state index contributed by atoms with van der Waals surface area (Å²) in [6.07, 6.45) is -1.65. The van der Waals surface area contributed by atoms with Gasteiger partial charge in [0.2, 0.25) is 0 Å². The molecule has 21 heavy (non-hydrogen) atoms. The molecule has 0 bridgehead atoms. The first-order valence-electron chi connectivity index (χ1n) is 6.63. The Kier molecular flexibility index (Phi) is 6.22. The largest absolute Gasteiger partial charge is 0.416 e. The lowest BCUT2D eigenvalue weighted by molar-refractivity contribution is -0.137. The van der Waals surface area contributed by atoms with E-state index in [4.69, 9.17) is 0 Å². The van der Waals surface area contributed by atoms with Gasteiger partial charge in [-0.25, -0.2) is 8.42 Å². The molecule has 1 rings (SSSR count). The summed E-state index contributed by atoms with van der Waals surface area (Å²) in [5.74, 6) is 0.0910. The summed E-state index contributed by atoms with van der Waals surface area (Å²) in [5, 5.41) is 3.02. The van der Waals surface area contributed by atoms with Crippen molar-refractivity contribution in [1.29, 1.82) is 0 Å². The molecular formula is C14H20F3NO2S. The van der Waals surface area contributed by atoms with E-state index in [0.717, 1.165) is 12.1 Å². The van der Waals surface area contributed by atoms with E-state index in [0.29, 0.717) is 24.8 Å². The van der Waals surface area contributed by atoms with Gasteiger partial charge in [0.15, 0.2) is 0 Å². The Balaban J connectivity index is 2.65. The Morgan fingerprint density at radius 2 is 1.95 bits per heavy atom. The maximum absolute atomic E-state index is 12.6. The maximum atomic E-state index is 12.6. The molecule has 120 valence electrons. The lowest BCUT2D eigenvalue weighted by Gasteiger charge is -2.17. The van der Waals surface area contributed by atoms with Gasteiger partial charge in [-0.1, -0.05) is 18.2 Å². The van der Waals surface area contributed by atoms with Crippen LogP contribution in [0.15, 0.2) is 24.3 Å². The van der Waals surface area contributed by atoms with E-state index in [2.05, 4.69) is 5.32 Å². The highest BCUT2D eigenvalue weighted by atomic mass is 32.2. The number of likely N-dealkylation sites (N-methyl/N-ethyl adjacent to an activating group) is 1. The summed E-state index contributed by atoms with van der Waals surface area (Å²) in [5.41, 5.74) is -0.0745. The van der Waals surface area contributed by atoms with Crippen LogP contribution in [0.2, 0.25) is 0 Å². The Hall–Kier alpha value is -1.08. The molecule has 0 aliphatic heterocycles. The number of rotatable bonds is 7. The van der Waals surface area contributed by atoms with Crippen LogP contribution in [0.25, 0.3) is 0 Å². The molecule has 0 saturated heterocycles. The topological polar surface area (TPSA) is 46.2 Å². The van der Waals surface area contributed by atoms with Crippen molar-refractivity contribution in [1.82, 2.24) is 5.32 Å². The first-order valence-corrected chi connectivity index (χ1v) is 8.69. The fourth-order valence-corrected chi connectivity index (χ4v) is 2.79. The van der Waals surface area contributed by atoms with E-state index in [1.165, 1.54) is 12.3 Å². The Labute approximate surface area is 123 Å². The van der Waals surface area contributed by atoms with E-state index >= 15 is 0 Å². The molecule has 0 heterocycles. The number of alkyl halides is 3. The second-order valence-electron chi connectivity index (χ2n) is 5.16. The van der Waals surface area contributed by atoms with E-state index < -0.39 is 21.6 Å². The Morgan fingerprint density at radius 3 is 2.48 bits per heavy atom. The van der Waals surface area contributed by atoms with Gasteiger partial charge in [0.1, 0.15) is 9.84 Å². The predicted molar refractivity (Wildman–Crippen MR) is 76.9 cm³/mol. The summed E-state index contributed by atoms with van der Waals surface area (Å²) >= 11 is 0. The van der Waals surface area contributed by atoms with Gasteiger partial charge in [-0.05, 0) is 37.9 Å². The van der Waals surface area contributed by atoms with Gasteiger partial charge in [-0.2, -0.15) is 13.2 Å². The van der Waals surface area contributed by atoms with Crippen LogP contribution < -0.4 is 5.32 Å². The fraction of sp³-hybridized carbons (Fsp3) is 0.571. The summed E-state index contributed by atoms with van der Waals surface area (Å²) in [6.45, 7) is 0. The molecule has 1 atom stereocenters. The second kappa shape index (κ2) is 7.26. The van der Waals surface area contributed by atoms with Crippen LogP contribution in [0, 0.1) is 0 Å². The standard InChI is InChI=1S/C14H20F3NO2S/c1-18-13(7-4-8-21(2,19)20)10-11-5-3-6-12(9-11)14(15,16)17/h3,5-6,9,13,18H,4,7-8,10H2,1-2H3. The van der Waals surface area contributed by atoms with Crippen LogP contribution in [0.1, 0.15) is 24.0 Å². The van der Waals surface area contributed by atoms with Crippen molar-refractivity contribution in [3.63, 3.8) is 0 Å². The van der Waals surface area contributed by atoms with E-state index in [9.17, 15) is 21.6 Å². The average Bonchev–Trinajstić information content (AvgIpc) is 2.35. The summed E-state index contributed by atoms with van der Waals surface area (Å²) in [7, 11) is -1.28. The third kappa shape index (κ3) is 6.95. The molecule has 0 fully saturated rings. The maximum Gasteiger partial charge on any atom is 0.416 e. The number of hydrogen-bond donors (Lipinski definition) is 1. The highest BCUT2D eigenvalue weighted by molar-refractivity contribution is 7.90. The van der Waals surface area contributed by atoms with Crippen molar-refractivity contribution >= 4 is 9.84 Å². The van der Waals surface area contributed by atoms with Crippen LogP contribution in [0.5, 0.6) is 0 Å². The van der Waals surface area contributed by atoms with Gasteiger partial charge in [0.05, 0.1) is 5.56 Å². The predicted octanol–water partition coefficient (Wildman–Crippen LogP) is 2.66. The molecule has 1 unspecified atom stereocenters. The highest BCUT2D eigenvalue weighted by Crippen LogP contribution is 2.29. The van der Waals surface area contributed by atoms with Gasteiger partial charge in [-0.3, -0.25) is 0 Å². The van der Waals surface area contributed by atoms with Crippen molar-refractivity contribution in [3.8, 4) is 0 Å². The zero-order valence-corrected chi connectivity index (χ0v) is 12.9. The first-order chi connectivity index (χ1) is 9.62. The lowest BCUT2D eigenvalue weighted by Crippen LogP contribution is -2.28. The molecule has 1 aromatic rings. The molecule has 0 aliphatic rings. The molecule has 0 aliphatic carbocycles. The van der Waals surface area contributed by atoms with Crippen molar-refractivity contribution in [2.24, 2.45) is 0 Å². The molecule has 0 aromatic heterocycles. The van der Waals surface area contributed by atoms with E-state index in [1.54, 1.807) is 13.1 Å². The van der Waals surface area contributed by atoms with Gasteiger partial charge >= 0.3 is 6.18 Å². The lowest BCUT2D eigenvalue weighted by atomic mass is 10.0. The minimum absolute atomic E-state index is 0.0461. The third-order valence-electron chi connectivity index (χ3n) is 3.21. The van der Waals surface area contributed by atoms with E-state index in [1.807, 2.05) is 0 Å². The number of benzene rings is 1. The smallest absolute Gasteiger partial charge is 0.317 e. The minimum Gasteiger partial charge on any atom is -0.317 e. The number of hydrogen-bond acceptors (Lipinski definition) is 3. The molecule has 0 saturated carbocycles. The molecule has 3 nitrogen and oxygen atoms in total. The fourth-order valence-electron chi connectivity index (χ4n) is 2.10. The van der Waals surface area contributed by atoms with Gasteiger partial charge < -0.3 is 5.32 Å². The van der Waals surface area contributed by atoms with Gasteiger partial charge in [0, 0.05) is 18.1 Å². The SMILES string of the molecule is CNC(CCCS(C)(=O)=O)Cc1cccc(C(F)(F)F)c1. The average molecular weight is 323 g/mol. The monoisotopic (exact) mass is 323 g/mol. The Bertz CT molecular complexity index is 556. The molecule has 0 amide bonds. The zero-order chi connectivity index (χ0) is 16.1. The number of sulfone groups is 1. The summed E-state index contributed by atoms with van der Waals surface area (Å²) in [6, 6.07) is 5.18. The Morgan fingerprint density at radius 1 is 1.29 bits per heavy atom. The highest BCUT2D eigenvalue weighted by Gasteiger charge is 2.30. The number of nitrogens with one attached hydrogen (secondary N) is 1. The normalized spacial score (nSPS) is 14.1. The van der Waals surface area contributed by atoms with Crippen molar-refractivity contribution in [3.05, 3.63) is 35.4 Å². The van der Waals surface area contributed by atoms with Crippen LogP contribution in [0.4, 0.5) is 13.2 Å². The molecule has 0 spiro atoms. The first kappa shape index (κ1) is 18.0. The van der Waals surface area contributed by atoms with Gasteiger partial charge in [-0.15, -0.1) is 0 Å². The molecule has 7 heteroatoms. The minimum atomic E-state index is -4.35.